The van der Waals surface area contributed by atoms with Gasteiger partial charge in [-0.25, -0.2) is 9.97 Å². The first-order valence-electron chi connectivity index (χ1n) is 5.33. The molecule has 0 fully saturated rings. The van der Waals surface area contributed by atoms with Gasteiger partial charge in [-0.1, -0.05) is 11.8 Å². The fraction of sp³-hybridized carbons (Fsp3) is 0.364. The first-order valence-corrected chi connectivity index (χ1v) is 8.07. The Morgan fingerprint density at radius 1 is 1.50 bits per heavy atom. The first-order chi connectivity index (χ1) is 8.65. The van der Waals surface area contributed by atoms with Crippen molar-refractivity contribution in [2.75, 3.05) is 5.75 Å². The Morgan fingerprint density at radius 2 is 2.33 bits per heavy atom. The van der Waals surface area contributed by atoms with Gasteiger partial charge in [0, 0.05) is 16.0 Å². The Kier molecular flexibility index (Phi) is 4.73. The molecule has 0 aliphatic heterocycles. The summed E-state index contributed by atoms with van der Waals surface area (Å²) in [6, 6.07) is 0. The van der Waals surface area contributed by atoms with Crippen LogP contribution >= 0.6 is 34.4 Å². The van der Waals surface area contributed by atoms with E-state index in [0.717, 1.165) is 22.2 Å². The van der Waals surface area contributed by atoms with Crippen LogP contribution in [0.15, 0.2) is 15.2 Å². The Morgan fingerprint density at radius 3 is 3.00 bits per heavy atom. The van der Waals surface area contributed by atoms with E-state index in [0.29, 0.717) is 5.69 Å². The highest BCUT2D eigenvalue weighted by atomic mass is 32.2. The second-order valence-electron chi connectivity index (χ2n) is 3.63. The third kappa shape index (κ3) is 3.79. The van der Waals surface area contributed by atoms with Crippen molar-refractivity contribution in [3.63, 3.8) is 0 Å². The molecule has 0 aliphatic rings. The van der Waals surface area contributed by atoms with Gasteiger partial charge in [-0.2, -0.15) is 0 Å². The molecule has 2 rings (SSSR count). The predicted molar refractivity (Wildman–Crippen MR) is 74.7 cm³/mol. The number of aryl methyl sites for hydroxylation is 2. The van der Waals surface area contributed by atoms with E-state index in [2.05, 4.69) is 9.97 Å². The fourth-order valence-electron chi connectivity index (χ4n) is 1.39. The smallest absolute Gasteiger partial charge is 0.309 e. The normalized spacial score (nSPS) is 10.7. The zero-order valence-corrected chi connectivity index (χ0v) is 12.2. The van der Waals surface area contributed by atoms with Crippen LogP contribution in [-0.2, 0) is 17.6 Å². The van der Waals surface area contributed by atoms with Gasteiger partial charge in [-0.3, -0.25) is 4.79 Å². The molecule has 2 aromatic rings. The minimum absolute atomic E-state index is 0.00497. The van der Waals surface area contributed by atoms with E-state index in [-0.39, 0.29) is 6.42 Å². The Balaban J connectivity index is 1.82. The maximum absolute atomic E-state index is 10.5. The van der Waals surface area contributed by atoms with Crippen molar-refractivity contribution in [1.29, 1.82) is 0 Å². The third-order valence-electron chi connectivity index (χ3n) is 2.26. The largest absolute Gasteiger partial charge is 0.481 e. The molecule has 0 radical (unpaired) electrons. The Hall–Kier alpha value is -0.920. The summed E-state index contributed by atoms with van der Waals surface area (Å²) in [5.41, 5.74) is 3.61. The molecule has 0 atom stereocenters. The standard InChI is InChI=1S/C11H12N2O2S3/c1-7-9(18-6-12-7)2-3-16-11-13-8(5-17-11)4-10(14)15/h5-6H,2-4H2,1H3,(H,14,15). The van der Waals surface area contributed by atoms with E-state index in [1.807, 2.05) is 17.8 Å². The van der Waals surface area contributed by atoms with Crippen molar-refractivity contribution in [2.45, 2.75) is 24.1 Å². The number of hydrogen-bond donors (Lipinski definition) is 1. The average molecular weight is 300 g/mol. The number of aliphatic carboxylic acids is 1. The summed E-state index contributed by atoms with van der Waals surface area (Å²) in [4.78, 5) is 20.3. The molecule has 1 N–H and O–H groups in total. The van der Waals surface area contributed by atoms with Gasteiger partial charge in [0.1, 0.15) is 4.34 Å². The summed E-state index contributed by atoms with van der Waals surface area (Å²) >= 11 is 4.86. The van der Waals surface area contributed by atoms with Crippen LogP contribution < -0.4 is 0 Å². The van der Waals surface area contributed by atoms with Crippen molar-refractivity contribution in [2.24, 2.45) is 0 Å². The third-order valence-corrected chi connectivity index (χ3v) is 5.33. The number of thioether (sulfide) groups is 1. The minimum Gasteiger partial charge on any atom is -0.481 e. The van der Waals surface area contributed by atoms with Crippen LogP contribution in [0.4, 0.5) is 0 Å². The molecule has 2 aromatic heterocycles. The fourth-order valence-corrected chi connectivity index (χ4v) is 4.17. The van der Waals surface area contributed by atoms with E-state index in [9.17, 15) is 4.79 Å². The number of aromatic nitrogens is 2. The van der Waals surface area contributed by atoms with E-state index in [4.69, 9.17) is 5.11 Å². The van der Waals surface area contributed by atoms with Gasteiger partial charge in [0.05, 0.1) is 23.3 Å². The molecule has 0 spiro atoms. The number of hydrogen-bond acceptors (Lipinski definition) is 6. The molecule has 0 unspecified atom stereocenters. The second-order valence-corrected chi connectivity index (χ2v) is 6.77. The summed E-state index contributed by atoms with van der Waals surface area (Å²) in [5, 5.41) is 10.5. The number of thiazole rings is 2. The van der Waals surface area contributed by atoms with Crippen LogP contribution in [0.25, 0.3) is 0 Å². The van der Waals surface area contributed by atoms with E-state index in [1.165, 1.54) is 16.2 Å². The number of carboxylic acid groups (broad SMARTS) is 1. The zero-order chi connectivity index (χ0) is 13.0. The molecular weight excluding hydrogens is 288 g/mol. The number of rotatable bonds is 6. The average Bonchev–Trinajstić information content (AvgIpc) is 2.89. The summed E-state index contributed by atoms with van der Waals surface area (Å²) in [6.45, 7) is 2.02. The maximum atomic E-state index is 10.5. The number of nitrogens with zero attached hydrogens (tertiary/aromatic N) is 2. The lowest BCUT2D eigenvalue weighted by atomic mass is 10.3. The number of carbonyl (C=O) groups is 1. The molecule has 0 aliphatic carbocycles. The Labute approximate surface area is 117 Å². The van der Waals surface area contributed by atoms with Crippen LogP contribution in [-0.4, -0.2) is 26.8 Å². The molecule has 0 bridgehead atoms. The topological polar surface area (TPSA) is 63.1 Å². The van der Waals surface area contributed by atoms with Gasteiger partial charge < -0.3 is 5.11 Å². The first kappa shape index (κ1) is 13.5. The van der Waals surface area contributed by atoms with Crippen molar-refractivity contribution >= 4 is 40.4 Å². The lowest BCUT2D eigenvalue weighted by Gasteiger charge is -1.97. The van der Waals surface area contributed by atoms with E-state index < -0.39 is 5.97 Å². The van der Waals surface area contributed by atoms with Gasteiger partial charge in [0.25, 0.3) is 0 Å². The van der Waals surface area contributed by atoms with Gasteiger partial charge in [0.15, 0.2) is 0 Å². The molecule has 0 aromatic carbocycles. The summed E-state index contributed by atoms with van der Waals surface area (Å²) in [6.07, 6.45) is 0.986. The van der Waals surface area contributed by atoms with Gasteiger partial charge >= 0.3 is 5.97 Å². The molecule has 0 saturated heterocycles. The van der Waals surface area contributed by atoms with Crippen molar-refractivity contribution in [3.05, 3.63) is 27.2 Å². The highest BCUT2D eigenvalue weighted by Crippen LogP contribution is 2.25. The van der Waals surface area contributed by atoms with Crippen LogP contribution in [0.2, 0.25) is 0 Å². The molecule has 0 amide bonds. The molecule has 7 heteroatoms. The Bertz CT molecular complexity index is 536. The summed E-state index contributed by atoms with van der Waals surface area (Å²) in [7, 11) is 0. The van der Waals surface area contributed by atoms with Gasteiger partial charge in [0.2, 0.25) is 0 Å². The lowest BCUT2D eigenvalue weighted by molar-refractivity contribution is -0.136. The predicted octanol–water partition coefficient (Wildman–Crippen LogP) is 2.87. The summed E-state index contributed by atoms with van der Waals surface area (Å²) in [5.74, 6) is 0.111. The van der Waals surface area contributed by atoms with Crippen LogP contribution in [0.3, 0.4) is 0 Å². The van der Waals surface area contributed by atoms with Gasteiger partial charge in [-0.15, -0.1) is 22.7 Å². The second kappa shape index (κ2) is 6.31. The lowest BCUT2D eigenvalue weighted by Crippen LogP contribution is -1.99. The number of carboxylic acids is 1. The monoisotopic (exact) mass is 300 g/mol. The molecule has 18 heavy (non-hydrogen) atoms. The van der Waals surface area contributed by atoms with Crippen LogP contribution in [0, 0.1) is 6.92 Å². The maximum Gasteiger partial charge on any atom is 0.309 e. The summed E-state index contributed by atoms with van der Waals surface area (Å²) < 4.78 is 0.938. The molecule has 0 saturated carbocycles. The molecular formula is C11H12N2O2S3. The van der Waals surface area contributed by atoms with Crippen LogP contribution in [0.1, 0.15) is 16.3 Å². The van der Waals surface area contributed by atoms with Crippen molar-refractivity contribution < 1.29 is 9.90 Å². The minimum atomic E-state index is -0.836. The molecule has 96 valence electrons. The molecule has 4 nitrogen and oxygen atoms in total. The van der Waals surface area contributed by atoms with Crippen LogP contribution in [0.5, 0.6) is 0 Å². The SMILES string of the molecule is Cc1ncsc1CCSc1nc(CC(=O)O)cs1. The van der Waals surface area contributed by atoms with Gasteiger partial charge in [-0.05, 0) is 13.3 Å². The van der Waals surface area contributed by atoms with E-state index in [1.54, 1.807) is 23.1 Å². The van der Waals surface area contributed by atoms with Crippen molar-refractivity contribution in [3.8, 4) is 0 Å². The molecule has 2 heterocycles. The highest BCUT2D eigenvalue weighted by Gasteiger charge is 2.07. The highest BCUT2D eigenvalue weighted by molar-refractivity contribution is 8.01. The van der Waals surface area contributed by atoms with Crippen molar-refractivity contribution in [1.82, 2.24) is 9.97 Å². The zero-order valence-electron chi connectivity index (χ0n) is 9.75. The quantitative estimate of drug-likeness (QED) is 0.831. The van der Waals surface area contributed by atoms with E-state index >= 15 is 0 Å².